The molecule has 0 saturated carbocycles. The van der Waals surface area contributed by atoms with Crippen molar-refractivity contribution < 1.29 is 0 Å². The summed E-state index contributed by atoms with van der Waals surface area (Å²) in [5.74, 6) is 0.636. The highest BCUT2D eigenvalue weighted by Crippen LogP contribution is 2.26. The topological polar surface area (TPSA) is 40.9 Å². The van der Waals surface area contributed by atoms with Gasteiger partial charge in [-0.05, 0) is 32.3 Å². The van der Waals surface area contributed by atoms with Crippen molar-refractivity contribution in [3.8, 4) is 0 Å². The SMILES string of the molecule is CN(C)C1(N=Nc2ccccn2)C=CC=CC1. The van der Waals surface area contributed by atoms with E-state index in [2.05, 4.69) is 32.3 Å². The highest BCUT2D eigenvalue weighted by molar-refractivity contribution is 5.25. The average Bonchev–Trinajstić information content (AvgIpc) is 2.38. The standard InChI is InChI=1S/C13H16N4/c1-17(2)13(9-5-3-6-10-13)16-15-12-8-4-7-11-14-12/h3-9,11H,10H2,1-2H3. The number of azo groups is 1. The molecule has 1 aromatic rings. The van der Waals surface area contributed by atoms with Crippen LogP contribution in [0.5, 0.6) is 0 Å². The zero-order valence-corrected chi connectivity index (χ0v) is 10.1. The predicted molar refractivity (Wildman–Crippen MR) is 68.1 cm³/mol. The van der Waals surface area contributed by atoms with Gasteiger partial charge in [0.2, 0.25) is 0 Å². The Labute approximate surface area is 101 Å². The summed E-state index contributed by atoms with van der Waals surface area (Å²) < 4.78 is 0. The Bertz CT molecular complexity index is 448. The van der Waals surface area contributed by atoms with Gasteiger partial charge < -0.3 is 0 Å². The second-order valence-electron chi connectivity index (χ2n) is 4.15. The molecule has 2 rings (SSSR count). The maximum Gasteiger partial charge on any atom is 0.174 e. The minimum atomic E-state index is -0.383. The van der Waals surface area contributed by atoms with Gasteiger partial charge in [-0.2, -0.15) is 5.11 Å². The van der Waals surface area contributed by atoms with E-state index in [1.807, 2.05) is 44.4 Å². The van der Waals surface area contributed by atoms with Crippen LogP contribution in [-0.4, -0.2) is 29.6 Å². The van der Waals surface area contributed by atoms with Crippen molar-refractivity contribution in [3.05, 3.63) is 48.7 Å². The monoisotopic (exact) mass is 228 g/mol. The number of rotatable bonds is 3. The molecule has 0 bridgehead atoms. The lowest BCUT2D eigenvalue weighted by Crippen LogP contribution is -2.40. The minimum absolute atomic E-state index is 0.383. The van der Waals surface area contributed by atoms with Crippen LogP contribution in [0.3, 0.4) is 0 Å². The van der Waals surface area contributed by atoms with Crippen molar-refractivity contribution in [3.63, 3.8) is 0 Å². The maximum absolute atomic E-state index is 4.43. The van der Waals surface area contributed by atoms with Crippen molar-refractivity contribution in [2.45, 2.75) is 12.1 Å². The highest BCUT2D eigenvalue weighted by Gasteiger charge is 2.29. The van der Waals surface area contributed by atoms with Crippen molar-refractivity contribution in [1.82, 2.24) is 9.88 Å². The van der Waals surface area contributed by atoms with Gasteiger partial charge in [-0.25, -0.2) is 4.98 Å². The van der Waals surface area contributed by atoms with E-state index in [-0.39, 0.29) is 5.66 Å². The quantitative estimate of drug-likeness (QED) is 0.746. The van der Waals surface area contributed by atoms with Crippen LogP contribution < -0.4 is 0 Å². The Morgan fingerprint density at radius 1 is 1.29 bits per heavy atom. The Morgan fingerprint density at radius 2 is 2.18 bits per heavy atom. The number of pyridine rings is 1. The molecule has 0 aromatic carbocycles. The molecule has 88 valence electrons. The van der Waals surface area contributed by atoms with Crippen LogP contribution in [0.2, 0.25) is 0 Å². The molecule has 1 aliphatic rings. The van der Waals surface area contributed by atoms with Crippen LogP contribution in [0.1, 0.15) is 6.42 Å². The molecule has 17 heavy (non-hydrogen) atoms. The zero-order valence-electron chi connectivity index (χ0n) is 10.1. The van der Waals surface area contributed by atoms with E-state index in [1.54, 1.807) is 6.20 Å². The van der Waals surface area contributed by atoms with Crippen LogP contribution >= 0.6 is 0 Å². The second-order valence-corrected chi connectivity index (χ2v) is 4.15. The van der Waals surface area contributed by atoms with Crippen LogP contribution in [0.4, 0.5) is 5.82 Å². The van der Waals surface area contributed by atoms with E-state index in [4.69, 9.17) is 0 Å². The molecule has 4 heteroatoms. The maximum atomic E-state index is 4.43. The summed E-state index contributed by atoms with van der Waals surface area (Å²) in [7, 11) is 4.00. The fourth-order valence-electron chi connectivity index (χ4n) is 1.64. The number of aromatic nitrogens is 1. The van der Waals surface area contributed by atoms with Crippen LogP contribution in [-0.2, 0) is 0 Å². The summed E-state index contributed by atoms with van der Waals surface area (Å²) in [4.78, 5) is 6.19. The molecule has 1 unspecified atom stereocenters. The first-order valence-corrected chi connectivity index (χ1v) is 5.59. The molecule has 1 aliphatic carbocycles. The molecule has 0 saturated heterocycles. The number of hydrogen-bond acceptors (Lipinski definition) is 4. The van der Waals surface area contributed by atoms with Crippen LogP contribution in [0.15, 0.2) is 58.9 Å². The lowest BCUT2D eigenvalue weighted by atomic mass is 10.0. The molecular weight excluding hydrogens is 212 g/mol. The van der Waals surface area contributed by atoms with Crippen molar-refractivity contribution in [2.75, 3.05) is 14.1 Å². The minimum Gasteiger partial charge on any atom is -0.280 e. The van der Waals surface area contributed by atoms with E-state index in [0.717, 1.165) is 6.42 Å². The van der Waals surface area contributed by atoms with Crippen molar-refractivity contribution in [2.24, 2.45) is 10.2 Å². The summed E-state index contributed by atoms with van der Waals surface area (Å²) in [6.45, 7) is 0. The Kier molecular flexibility index (Phi) is 3.44. The third-order valence-corrected chi connectivity index (χ3v) is 2.78. The molecule has 0 fully saturated rings. The number of allylic oxidation sites excluding steroid dienone is 2. The Hall–Kier alpha value is -1.81. The van der Waals surface area contributed by atoms with Gasteiger partial charge in [0, 0.05) is 12.6 Å². The summed E-state index contributed by atoms with van der Waals surface area (Å²) in [5, 5.41) is 8.65. The van der Waals surface area contributed by atoms with Gasteiger partial charge in [-0.15, -0.1) is 5.11 Å². The molecule has 4 nitrogen and oxygen atoms in total. The molecular formula is C13H16N4. The largest absolute Gasteiger partial charge is 0.280 e. The number of nitrogens with zero attached hydrogens (tertiary/aromatic N) is 4. The first-order valence-electron chi connectivity index (χ1n) is 5.59. The molecule has 0 amide bonds. The van der Waals surface area contributed by atoms with Gasteiger partial charge in [0.15, 0.2) is 11.5 Å². The van der Waals surface area contributed by atoms with E-state index in [0.29, 0.717) is 5.82 Å². The number of hydrogen-bond donors (Lipinski definition) is 0. The van der Waals surface area contributed by atoms with Gasteiger partial charge in [0.25, 0.3) is 0 Å². The molecule has 0 N–H and O–H groups in total. The second kappa shape index (κ2) is 5.01. The third kappa shape index (κ3) is 2.65. The smallest absolute Gasteiger partial charge is 0.174 e. The number of likely N-dealkylation sites (N-methyl/N-ethyl adjacent to an activating group) is 1. The summed E-state index contributed by atoms with van der Waals surface area (Å²) in [5.41, 5.74) is -0.383. The summed E-state index contributed by atoms with van der Waals surface area (Å²) in [6, 6.07) is 5.61. The third-order valence-electron chi connectivity index (χ3n) is 2.78. The molecule has 1 heterocycles. The molecule has 0 spiro atoms. The van der Waals surface area contributed by atoms with E-state index >= 15 is 0 Å². The van der Waals surface area contributed by atoms with Crippen molar-refractivity contribution in [1.29, 1.82) is 0 Å². The molecule has 1 aromatic heterocycles. The molecule has 0 aliphatic heterocycles. The molecule has 1 atom stereocenters. The first-order chi connectivity index (χ1) is 8.23. The van der Waals surface area contributed by atoms with Gasteiger partial charge in [0.1, 0.15) is 0 Å². The summed E-state index contributed by atoms with van der Waals surface area (Å²) in [6.07, 6.45) is 10.7. The first kappa shape index (κ1) is 11.7. The van der Waals surface area contributed by atoms with Crippen LogP contribution in [0, 0.1) is 0 Å². The van der Waals surface area contributed by atoms with Crippen molar-refractivity contribution >= 4 is 5.82 Å². The van der Waals surface area contributed by atoms with E-state index in [9.17, 15) is 0 Å². The fraction of sp³-hybridized carbons (Fsp3) is 0.308. The van der Waals surface area contributed by atoms with Gasteiger partial charge in [0.05, 0.1) is 0 Å². The van der Waals surface area contributed by atoms with Crippen LogP contribution in [0.25, 0.3) is 0 Å². The highest BCUT2D eigenvalue weighted by atomic mass is 15.3. The van der Waals surface area contributed by atoms with Gasteiger partial charge >= 0.3 is 0 Å². The summed E-state index contributed by atoms with van der Waals surface area (Å²) >= 11 is 0. The predicted octanol–water partition coefficient (Wildman–Crippen LogP) is 2.94. The Morgan fingerprint density at radius 3 is 2.76 bits per heavy atom. The zero-order chi connectivity index (χ0) is 12.1. The average molecular weight is 228 g/mol. The van der Waals surface area contributed by atoms with Gasteiger partial charge in [-0.3, -0.25) is 4.90 Å². The lowest BCUT2D eigenvalue weighted by molar-refractivity contribution is 0.209. The lowest BCUT2D eigenvalue weighted by Gasteiger charge is -2.32. The van der Waals surface area contributed by atoms with Gasteiger partial charge in [-0.1, -0.05) is 24.3 Å². The Balaban J connectivity index is 2.22. The van der Waals surface area contributed by atoms with E-state index in [1.165, 1.54) is 0 Å². The molecule has 0 radical (unpaired) electrons. The fourth-order valence-corrected chi connectivity index (χ4v) is 1.64. The van der Waals surface area contributed by atoms with E-state index < -0.39 is 0 Å². The normalized spacial score (nSPS) is 23.7.